The first-order valence-corrected chi connectivity index (χ1v) is 5.99. The summed E-state index contributed by atoms with van der Waals surface area (Å²) in [7, 11) is 0. The Hall–Kier alpha value is -1.69. The number of Topliss-reactive ketones (excluding diaryl/α,β-unsaturated/α-hetero) is 1. The topological polar surface area (TPSA) is 81.2 Å². The van der Waals surface area contributed by atoms with E-state index in [0.29, 0.717) is 6.61 Å². The van der Waals surface area contributed by atoms with Crippen molar-refractivity contribution in [1.82, 2.24) is 9.55 Å². The van der Waals surface area contributed by atoms with E-state index in [0.717, 1.165) is 23.6 Å². The van der Waals surface area contributed by atoms with E-state index in [1.807, 2.05) is 0 Å². The zero-order valence-electron chi connectivity index (χ0n) is 10.7. The van der Waals surface area contributed by atoms with Gasteiger partial charge in [0.1, 0.15) is 0 Å². The van der Waals surface area contributed by atoms with Crippen LogP contribution >= 0.6 is 0 Å². The summed E-state index contributed by atoms with van der Waals surface area (Å²) in [5, 5.41) is 0. The Bertz CT molecular complexity index is 516. The van der Waals surface area contributed by atoms with Gasteiger partial charge in [-0.2, -0.15) is 0 Å². The summed E-state index contributed by atoms with van der Waals surface area (Å²) in [6.45, 7) is 4.38. The summed E-state index contributed by atoms with van der Waals surface area (Å²) in [6, 6.07) is 0. The van der Waals surface area contributed by atoms with E-state index in [1.165, 1.54) is 6.92 Å². The first-order chi connectivity index (χ1) is 8.57. The molecule has 1 aromatic heterocycles. The third-order valence-corrected chi connectivity index (χ3v) is 2.54. The number of ether oxygens (including phenoxy) is 1. The van der Waals surface area contributed by atoms with Gasteiger partial charge in [0.05, 0.1) is 18.7 Å². The molecule has 0 amide bonds. The SMILES string of the molecule is CCCCOCCn1c(=O)[nH]cc(C(C)=O)c1=O. The minimum Gasteiger partial charge on any atom is -0.380 e. The van der Waals surface area contributed by atoms with E-state index in [1.54, 1.807) is 0 Å². The number of nitrogens with one attached hydrogen (secondary N) is 1. The van der Waals surface area contributed by atoms with Crippen molar-refractivity contribution in [3.63, 3.8) is 0 Å². The van der Waals surface area contributed by atoms with Crippen LogP contribution in [0.3, 0.4) is 0 Å². The Morgan fingerprint density at radius 2 is 2.11 bits per heavy atom. The molecule has 0 aliphatic rings. The van der Waals surface area contributed by atoms with Gasteiger partial charge in [-0.25, -0.2) is 4.79 Å². The van der Waals surface area contributed by atoms with Gasteiger partial charge in [-0.1, -0.05) is 13.3 Å². The lowest BCUT2D eigenvalue weighted by molar-refractivity contribution is 0.101. The predicted molar refractivity (Wildman–Crippen MR) is 67.1 cm³/mol. The minimum absolute atomic E-state index is 0.0110. The second kappa shape index (κ2) is 6.90. The van der Waals surface area contributed by atoms with Gasteiger partial charge in [-0.05, 0) is 13.3 Å². The maximum atomic E-state index is 11.8. The van der Waals surface area contributed by atoms with Crippen LogP contribution in [0.1, 0.15) is 37.0 Å². The van der Waals surface area contributed by atoms with Gasteiger partial charge in [-0.15, -0.1) is 0 Å². The van der Waals surface area contributed by atoms with Crippen LogP contribution in [-0.2, 0) is 11.3 Å². The summed E-state index contributed by atoms with van der Waals surface area (Å²) >= 11 is 0. The summed E-state index contributed by atoms with van der Waals surface area (Å²) in [5.41, 5.74) is -1.10. The number of carbonyl (C=O) groups is 1. The number of aromatic amines is 1. The van der Waals surface area contributed by atoms with Crippen molar-refractivity contribution in [2.24, 2.45) is 0 Å². The number of aromatic nitrogens is 2. The number of hydrogen-bond acceptors (Lipinski definition) is 4. The summed E-state index contributed by atoms with van der Waals surface area (Å²) < 4.78 is 6.28. The normalized spacial score (nSPS) is 10.6. The number of carbonyl (C=O) groups excluding carboxylic acids is 1. The van der Waals surface area contributed by atoms with E-state index < -0.39 is 11.2 Å². The second-order valence-electron chi connectivity index (χ2n) is 3.99. The van der Waals surface area contributed by atoms with Gasteiger partial charge < -0.3 is 9.72 Å². The van der Waals surface area contributed by atoms with Gasteiger partial charge in [0.2, 0.25) is 0 Å². The first-order valence-electron chi connectivity index (χ1n) is 5.99. The molecule has 0 saturated carbocycles. The third-order valence-electron chi connectivity index (χ3n) is 2.54. The Kier molecular flexibility index (Phi) is 5.51. The highest BCUT2D eigenvalue weighted by atomic mass is 16.5. The molecule has 1 N–H and O–H groups in total. The molecule has 0 aliphatic carbocycles. The zero-order chi connectivity index (χ0) is 13.5. The van der Waals surface area contributed by atoms with Crippen molar-refractivity contribution in [3.8, 4) is 0 Å². The molecular weight excluding hydrogens is 236 g/mol. The molecule has 0 unspecified atom stereocenters. The molecule has 0 fully saturated rings. The lowest BCUT2D eigenvalue weighted by Crippen LogP contribution is -2.38. The van der Waals surface area contributed by atoms with E-state index in [9.17, 15) is 14.4 Å². The van der Waals surface area contributed by atoms with Crippen LogP contribution in [0.4, 0.5) is 0 Å². The molecule has 1 rings (SSSR count). The molecule has 100 valence electrons. The smallest absolute Gasteiger partial charge is 0.328 e. The fourth-order valence-corrected chi connectivity index (χ4v) is 1.47. The Labute approximate surface area is 105 Å². The van der Waals surface area contributed by atoms with Crippen LogP contribution in [-0.4, -0.2) is 28.5 Å². The average Bonchev–Trinajstić information content (AvgIpc) is 2.32. The molecular formula is C12H18N2O4. The van der Waals surface area contributed by atoms with Gasteiger partial charge in [-0.3, -0.25) is 14.2 Å². The lowest BCUT2D eigenvalue weighted by Gasteiger charge is -2.06. The van der Waals surface area contributed by atoms with Crippen LogP contribution in [0, 0.1) is 0 Å². The van der Waals surface area contributed by atoms with Crippen LogP contribution in [0.2, 0.25) is 0 Å². The molecule has 0 saturated heterocycles. The number of ketones is 1. The highest BCUT2D eigenvalue weighted by molar-refractivity contribution is 5.93. The quantitative estimate of drug-likeness (QED) is 0.569. The maximum absolute atomic E-state index is 11.8. The van der Waals surface area contributed by atoms with Crippen molar-refractivity contribution in [3.05, 3.63) is 32.6 Å². The Morgan fingerprint density at radius 3 is 2.72 bits per heavy atom. The van der Waals surface area contributed by atoms with Gasteiger partial charge in [0.25, 0.3) is 5.56 Å². The monoisotopic (exact) mass is 254 g/mol. The molecule has 0 spiro atoms. The van der Waals surface area contributed by atoms with Crippen molar-refractivity contribution in [1.29, 1.82) is 0 Å². The predicted octanol–water partition coefficient (Wildman–Crippen LogP) is 0.556. The number of rotatable bonds is 7. The molecule has 6 heteroatoms. The molecule has 1 heterocycles. The fourth-order valence-electron chi connectivity index (χ4n) is 1.47. The third kappa shape index (κ3) is 3.66. The second-order valence-corrected chi connectivity index (χ2v) is 3.99. The number of unbranched alkanes of at least 4 members (excludes halogenated alkanes) is 1. The van der Waals surface area contributed by atoms with Crippen LogP contribution in [0.5, 0.6) is 0 Å². The van der Waals surface area contributed by atoms with Crippen LogP contribution < -0.4 is 11.2 Å². The van der Waals surface area contributed by atoms with Crippen LogP contribution in [0.25, 0.3) is 0 Å². The summed E-state index contributed by atoms with van der Waals surface area (Å²) in [4.78, 5) is 36.8. The van der Waals surface area contributed by atoms with E-state index in [2.05, 4.69) is 11.9 Å². The van der Waals surface area contributed by atoms with Crippen molar-refractivity contribution >= 4 is 5.78 Å². The molecule has 0 aliphatic heterocycles. The van der Waals surface area contributed by atoms with E-state index in [-0.39, 0.29) is 24.5 Å². The average molecular weight is 254 g/mol. The molecule has 1 aromatic rings. The van der Waals surface area contributed by atoms with Gasteiger partial charge in [0.15, 0.2) is 5.78 Å². The molecule has 0 bridgehead atoms. The first kappa shape index (κ1) is 14.4. The van der Waals surface area contributed by atoms with Gasteiger partial charge in [0, 0.05) is 12.8 Å². The summed E-state index contributed by atoms with van der Waals surface area (Å²) in [6.07, 6.45) is 3.13. The molecule has 0 radical (unpaired) electrons. The molecule has 6 nitrogen and oxygen atoms in total. The molecule has 0 aromatic carbocycles. The lowest BCUT2D eigenvalue weighted by atomic mass is 10.2. The fraction of sp³-hybridized carbons (Fsp3) is 0.583. The van der Waals surface area contributed by atoms with E-state index in [4.69, 9.17) is 4.74 Å². The molecule has 18 heavy (non-hydrogen) atoms. The van der Waals surface area contributed by atoms with Crippen molar-refractivity contribution < 1.29 is 9.53 Å². The highest BCUT2D eigenvalue weighted by Crippen LogP contribution is 1.90. The Balaban J connectivity index is 2.76. The standard InChI is InChI=1S/C12H18N2O4/c1-3-4-6-18-7-5-14-11(16)10(9(2)15)8-13-12(14)17/h8H,3-7H2,1-2H3,(H,13,17). The van der Waals surface area contributed by atoms with E-state index >= 15 is 0 Å². The van der Waals surface area contributed by atoms with Crippen LogP contribution in [0.15, 0.2) is 15.8 Å². The zero-order valence-corrected chi connectivity index (χ0v) is 10.7. The highest BCUT2D eigenvalue weighted by Gasteiger charge is 2.10. The Morgan fingerprint density at radius 1 is 1.39 bits per heavy atom. The van der Waals surface area contributed by atoms with Gasteiger partial charge >= 0.3 is 5.69 Å². The molecule has 0 atom stereocenters. The minimum atomic E-state index is -0.564. The number of nitrogens with zero attached hydrogens (tertiary/aromatic N) is 1. The summed E-state index contributed by atoms with van der Waals surface area (Å²) in [5.74, 6) is -0.364. The number of hydrogen-bond donors (Lipinski definition) is 1. The largest absolute Gasteiger partial charge is 0.380 e. The number of H-pyrrole nitrogens is 1. The van der Waals surface area contributed by atoms with Crippen molar-refractivity contribution in [2.45, 2.75) is 33.2 Å². The van der Waals surface area contributed by atoms with Crippen molar-refractivity contribution in [2.75, 3.05) is 13.2 Å². The maximum Gasteiger partial charge on any atom is 0.328 e.